The fourth-order valence-corrected chi connectivity index (χ4v) is 4.73. The first-order valence-electron chi connectivity index (χ1n) is 7.92. The van der Waals surface area contributed by atoms with Crippen molar-refractivity contribution in [1.29, 1.82) is 0 Å². The predicted molar refractivity (Wildman–Crippen MR) is 88.0 cm³/mol. The van der Waals surface area contributed by atoms with E-state index in [2.05, 4.69) is 34.4 Å². The minimum Gasteiger partial charge on any atom is -0.379 e. The van der Waals surface area contributed by atoms with Crippen LogP contribution in [-0.4, -0.2) is 82.3 Å². The summed E-state index contributed by atoms with van der Waals surface area (Å²) >= 11 is 0. The van der Waals surface area contributed by atoms with Crippen LogP contribution in [-0.2, 0) is 14.6 Å². The number of nitrogens with zero attached hydrogens (tertiary/aromatic N) is 2. The Bertz CT molecular complexity index is 494. The van der Waals surface area contributed by atoms with E-state index >= 15 is 0 Å². The summed E-state index contributed by atoms with van der Waals surface area (Å²) < 4.78 is 28.5. The number of hydrogen-bond acceptors (Lipinski definition) is 5. The van der Waals surface area contributed by atoms with E-state index in [-0.39, 0.29) is 17.5 Å². The van der Waals surface area contributed by atoms with Crippen LogP contribution in [0.3, 0.4) is 0 Å². The number of sulfone groups is 1. The Labute approximate surface area is 133 Å². The van der Waals surface area contributed by atoms with Gasteiger partial charge in [-0.2, -0.15) is 0 Å². The van der Waals surface area contributed by atoms with Gasteiger partial charge in [0, 0.05) is 38.3 Å². The van der Waals surface area contributed by atoms with Crippen molar-refractivity contribution in [2.75, 3.05) is 44.9 Å². The van der Waals surface area contributed by atoms with Crippen molar-refractivity contribution in [3.63, 3.8) is 0 Å². The van der Waals surface area contributed by atoms with Gasteiger partial charge in [0.25, 0.3) is 0 Å². The lowest BCUT2D eigenvalue weighted by molar-refractivity contribution is -0.0174. The zero-order valence-electron chi connectivity index (χ0n) is 13.7. The smallest absolute Gasteiger partial charge is 0.191 e. The van der Waals surface area contributed by atoms with Crippen molar-refractivity contribution in [3.05, 3.63) is 0 Å². The van der Waals surface area contributed by atoms with Gasteiger partial charge in [0.15, 0.2) is 15.8 Å². The number of ether oxygens (including phenoxy) is 1. The lowest BCUT2D eigenvalue weighted by Crippen LogP contribution is -2.53. The number of rotatable bonds is 4. The van der Waals surface area contributed by atoms with E-state index in [0.717, 1.165) is 26.3 Å². The standard InChI is InChI=1S/C14H28N4O3S/c1-11(18-5-6-21-9-12(18)2)8-16-14(15-3)17-13-4-7-22(19,20)10-13/h11-13H,4-10H2,1-3H3,(H2,15,16,17). The molecule has 2 N–H and O–H groups in total. The number of aliphatic imine (C=N–C) groups is 1. The van der Waals surface area contributed by atoms with E-state index in [9.17, 15) is 8.42 Å². The molecule has 22 heavy (non-hydrogen) atoms. The Kier molecular flexibility index (Phi) is 6.05. The molecule has 128 valence electrons. The zero-order chi connectivity index (χ0) is 16.2. The molecule has 2 heterocycles. The van der Waals surface area contributed by atoms with Gasteiger partial charge in [-0.15, -0.1) is 0 Å². The number of nitrogens with one attached hydrogen (secondary N) is 2. The summed E-state index contributed by atoms with van der Waals surface area (Å²) in [6.45, 7) is 7.62. The highest BCUT2D eigenvalue weighted by Gasteiger charge is 2.29. The van der Waals surface area contributed by atoms with Crippen molar-refractivity contribution in [1.82, 2.24) is 15.5 Å². The Hall–Kier alpha value is -0.860. The lowest BCUT2D eigenvalue weighted by Gasteiger charge is -2.38. The molecular formula is C14H28N4O3S. The van der Waals surface area contributed by atoms with E-state index < -0.39 is 9.84 Å². The largest absolute Gasteiger partial charge is 0.379 e. The van der Waals surface area contributed by atoms with E-state index in [0.29, 0.717) is 24.5 Å². The van der Waals surface area contributed by atoms with E-state index in [4.69, 9.17) is 4.74 Å². The lowest BCUT2D eigenvalue weighted by atomic mass is 10.2. The normalized spacial score (nSPS) is 31.0. The van der Waals surface area contributed by atoms with Gasteiger partial charge in [-0.05, 0) is 20.3 Å². The maximum Gasteiger partial charge on any atom is 0.191 e. The average molecular weight is 332 g/mol. The van der Waals surface area contributed by atoms with Crippen LogP contribution < -0.4 is 10.6 Å². The SMILES string of the molecule is CN=C(NCC(C)N1CCOCC1C)NC1CCS(=O)(=O)C1. The van der Waals surface area contributed by atoms with Crippen LogP contribution in [0.5, 0.6) is 0 Å². The fourth-order valence-electron chi connectivity index (χ4n) is 3.05. The topological polar surface area (TPSA) is 83.0 Å². The molecule has 2 aliphatic rings. The second-order valence-corrected chi connectivity index (χ2v) is 8.44. The molecule has 2 aliphatic heterocycles. The molecule has 8 heteroatoms. The molecule has 0 radical (unpaired) electrons. The number of guanidine groups is 1. The molecule has 0 aliphatic carbocycles. The van der Waals surface area contributed by atoms with Crippen molar-refractivity contribution in [3.8, 4) is 0 Å². The fraction of sp³-hybridized carbons (Fsp3) is 0.929. The monoisotopic (exact) mass is 332 g/mol. The molecule has 0 aromatic rings. The molecular weight excluding hydrogens is 304 g/mol. The highest BCUT2D eigenvalue weighted by Crippen LogP contribution is 2.12. The van der Waals surface area contributed by atoms with Crippen molar-refractivity contribution >= 4 is 15.8 Å². The van der Waals surface area contributed by atoms with Crippen LogP contribution in [0, 0.1) is 0 Å². The second kappa shape index (κ2) is 7.61. The summed E-state index contributed by atoms with van der Waals surface area (Å²) in [5.74, 6) is 1.14. The quantitative estimate of drug-likeness (QED) is 0.531. The highest BCUT2D eigenvalue weighted by atomic mass is 32.2. The Morgan fingerprint density at radius 3 is 2.86 bits per heavy atom. The molecule has 0 aromatic heterocycles. The van der Waals surface area contributed by atoms with Gasteiger partial charge in [-0.3, -0.25) is 9.89 Å². The summed E-state index contributed by atoms with van der Waals surface area (Å²) in [5.41, 5.74) is 0. The minimum absolute atomic E-state index is 0.0335. The molecule has 2 fully saturated rings. The average Bonchev–Trinajstić information content (AvgIpc) is 2.82. The Morgan fingerprint density at radius 2 is 2.27 bits per heavy atom. The summed E-state index contributed by atoms with van der Waals surface area (Å²) in [5, 5.41) is 6.51. The van der Waals surface area contributed by atoms with Crippen LogP contribution in [0.15, 0.2) is 4.99 Å². The van der Waals surface area contributed by atoms with Gasteiger partial charge in [-0.25, -0.2) is 8.42 Å². The molecule has 0 spiro atoms. The first-order valence-corrected chi connectivity index (χ1v) is 9.74. The molecule has 3 atom stereocenters. The van der Waals surface area contributed by atoms with Gasteiger partial charge in [0.05, 0.1) is 24.7 Å². The van der Waals surface area contributed by atoms with Gasteiger partial charge in [-0.1, -0.05) is 0 Å². The molecule has 0 aromatic carbocycles. The summed E-state index contributed by atoms with van der Waals surface area (Å²) in [4.78, 5) is 6.61. The third-order valence-electron chi connectivity index (χ3n) is 4.35. The maximum absolute atomic E-state index is 11.5. The number of hydrogen-bond donors (Lipinski definition) is 2. The summed E-state index contributed by atoms with van der Waals surface area (Å²) in [6.07, 6.45) is 0.652. The third kappa shape index (κ3) is 4.82. The van der Waals surface area contributed by atoms with E-state index in [1.165, 1.54) is 0 Å². The second-order valence-electron chi connectivity index (χ2n) is 6.21. The molecule has 0 amide bonds. The minimum atomic E-state index is -2.87. The molecule has 2 saturated heterocycles. The predicted octanol–water partition coefficient (Wildman–Crippen LogP) is -0.552. The highest BCUT2D eigenvalue weighted by molar-refractivity contribution is 7.91. The van der Waals surface area contributed by atoms with Gasteiger partial charge in [0.1, 0.15) is 0 Å². The summed E-state index contributed by atoms with van der Waals surface area (Å²) in [7, 11) is -1.16. The van der Waals surface area contributed by atoms with E-state index in [1.54, 1.807) is 7.05 Å². The van der Waals surface area contributed by atoms with Crippen LogP contribution in [0.4, 0.5) is 0 Å². The van der Waals surface area contributed by atoms with Gasteiger partial charge < -0.3 is 15.4 Å². The van der Waals surface area contributed by atoms with Gasteiger partial charge in [0.2, 0.25) is 0 Å². The van der Waals surface area contributed by atoms with Crippen LogP contribution in [0.2, 0.25) is 0 Å². The number of morpholine rings is 1. The van der Waals surface area contributed by atoms with E-state index in [1.807, 2.05) is 0 Å². The molecule has 2 rings (SSSR count). The Morgan fingerprint density at radius 1 is 1.50 bits per heavy atom. The molecule has 7 nitrogen and oxygen atoms in total. The van der Waals surface area contributed by atoms with Crippen molar-refractivity contribution < 1.29 is 13.2 Å². The molecule has 3 unspecified atom stereocenters. The van der Waals surface area contributed by atoms with Crippen LogP contribution in [0.1, 0.15) is 20.3 Å². The Balaban J connectivity index is 1.78. The zero-order valence-corrected chi connectivity index (χ0v) is 14.5. The summed E-state index contributed by atoms with van der Waals surface area (Å²) in [6, 6.07) is 0.749. The van der Waals surface area contributed by atoms with Crippen molar-refractivity contribution in [2.24, 2.45) is 4.99 Å². The molecule has 0 bridgehead atoms. The first-order chi connectivity index (χ1) is 10.4. The third-order valence-corrected chi connectivity index (χ3v) is 6.11. The van der Waals surface area contributed by atoms with Crippen molar-refractivity contribution in [2.45, 2.75) is 38.4 Å². The van der Waals surface area contributed by atoms with Crippen LogP contribution in [0.25, 0.3) is 0 Å². The maximum atomic E-state index is 11.5. The first kappa shape index (κ1) is 17.5. The van der Waals surface area contributed by atoms with Crippen LogP contribution >= 0.6 is 0 Å². The van der Waals surface area contributed by atoms with Gasteiger partial charge >= 0.3 is 0 Å². The molecule has 0 saturated carbocycles.